The second kappa shape index (κ2) is 6.23. The van der Waals surface area contributed by atoms with Gasteiger partial charge in [0, 0.05) is 22.0 Å². The minimum Gasteiger partial charge on any atom is -0.303 e. The molecule has 0 bridgehead atoms. The van der Waals surface area contributed by atoms with E-state index in [1.54, 1.807) is 11.3 Å². The first kappa shape index (κ1) is 14.8. The third kappa shape index (κ3) is 3.48. The van der Waals surface area contributed by atoms with Gasteiger partial charge in [-0.2, -0.15) is 0 Å². The van der Waals surface area contributed by atoms with Crippen molar-refractivity contribution in [3.05, 3.63) is 55.9 Å². The van der Waals surface area contributed by atoms with Crippen LogP contribution in [-0.4, -0.2) is 0 Å². The molecule has 0 saturated heterocycles. The van der Waals surface area contributed by atoms with Crippen molar-refractivity contribution in [1.29, 1.82) is 0 Å². The molecule has 1 aromatic heterocycles. The molecule has 0 amide bonds. The van der Waals surface area contributed by atoms with Crippen LogP contribution in [0.2, 0.25) is 10.0 Å². The van der Waals surface area contributed by atoms with E-state index in [9.17, 15) is 4.39 Å². The Morgan fingerprint density at radius 3 is 2.53 bits per heavy atom. The van der Waals surface area contributed by atoms with Gasteiger partial charge in [0.05, 0.1) is 5.02 Å². The zero-order valence-electron chi connectivity index (χ0n) is 10.6. The van der Waals surface area contributed by atoms with Crippen molar-refractivity contribution in [3.8, 4) is 0 Å². The smallest absolute Gasteiger partial charge is 0.142 e. The molecule has 2 atom stereocenters. The third-order valence-electron chi connectivity index (χ3n) is 2.98. The predicted octanol–water partition coefficient (Wildman–Crippen LogP) is 5.61. The van der Waals surface area contributed by atoms with Gasteiger partial charge in [0.25, 0.3) is 0 Å². The van der Waals surface area contributed by atoms with Crippen LogP contribution in [0.3, 0.4) is 0 Å². The Hall–Kier alpha value is -0.610. The number of thiophene rings is 1. The Bertz CT molecular complexity index is 557. The van der Waals surface area contributed by atoms with E-state index in [-0.39, 0.29) is 17.1 Å². The lowest BCUT2D eigenvalue weighted by atomic mass is 10.1. The van der Waals surface area contributed by atoms with Crippen LogP contribution in [0.15, 0.2) is 29.6 Å². The molecule has 2 aromatic rings. The van der Waals surface area contributed by atoms with E-state index in [1.165, 1.54) is 17.0 Å². The zero-order valence-corrected chi connectivity index (χ0v) is 12.9. The minimum atomic E-state index is -0.446. The SMILES string of the molecule is CC(NC(C)c1cc(F)c(Cl)cc1Cl)c1cccs1. The molecule has 0 spiro atoms. The van der Waals surface area contributed by atoms with Gasteiger partial charge in [-0.15, -0.1) is 11.3 Å². The highest BCUT2D eigenvalue weighted by Crippen LogP contribution is 2.30. The molecule has 0 saturated carbocycles. The highest BCUT2D eigenvalue weighted by molar-refractivity contribution is 7.10. The van der Waals surface area contributed by atoms with Crippen LogP contribution in [0, 0.1) is 5.82 Å². The molecule has 1 nitrogen and oxygen atoms in total. The zero-order chi connectivity index (χ0) is 14.0. The monoisotopic (exact) mass is 317 g/mol. The van der Waals surface area contributed by atoms with Gasteiger partial charge in [0.15, 0.2) is 0 Å². The molecular formula is C14H14Cl2FNS. The van der Waals surface area contributed by atoms with Crippen LogP contribution in [0.5, 0.6) is 0 Å². The standard InChI is InChI=1S/C14H14Cl2FNS/c1-8(18-9(2)14-4-3-5-19-14)10-6-13(17)12(16)7-11(10)15/h3-9,18H,1-2H3. The predicted molar refractivity (Wildman–Crippen MR) is 80.7 cm³/mol. The first-order chi connectivity index (χ1) is 8.99. The number of halogens is 3. The highest BCUT2D eigenvalue weighted by atomic mass is 35.5. The van der Waals surface area contributed by atoms with Crippen molar-refractivity contribution in [1.82, 2.24) is 5.32 Å². The normalized spacial score (nSPS) is 14.4. The van der Waals surface area contributed by atoms with Crippen molar-refractivity contribution >= 4 is 34.5 Å². The van der Waals surface area contributed by atoms with Crippen molar-refractivity contribution in [3.63, 3.8) is 0 Å². The molecule has 0 fully saturated rings. The topological polar surface area (TPSA) is 12.0 Å². The maximum absolute atomic E-state index is 13.5. The lowest BCUT2D eigenvalue weighted by Gasteiger charge is -2.20. The number of nitrogens with one attached hydrogen (secondary N) is 1. The van der Waals surface area contributed by atoms with Gasteiger partial charge in [0.1, 0.15) is 5.82 Å². The van der Waals surface area contributed by atoms with Crippen molar-refractivity contribution in [2.45, 2.75) is 25.9 Å². The summed E-state index contributed by atoms with van der Waals surface area (Å²) >= 11 is 13.5. The second-order valence-electron chi connectivity index (χ2n) is 4.41. The van der Waals surface area contributed by atoms with E-state index < -0.39 is 5.82 Å². The number of hydrogen-bond donors (Lipinski definition) is 1. The fraction of sp³-hybridized carbons (Fsp3) is 0.286. The molecule has 0 aliphatic heterocycles. The summed E-state index contributed by atoms with van der Waals surface area (Å²) in [5, 5.41) is 5.96. The van der Waals surface area contributed by atoms with Gasteiger partial charge < -0.3 is 5.32 Å². The van der Waals surface area contributed by atoms with E-state index in [0.29, 0.717) is 10.6 Å². The molecule has 102 valence electrons. The lowest BCUT2D eigenvalue weighted by Crippen LogP contribution is -2.22. The molecule has 5 heteroatoms. The van der Waals surface area contributed by atoms with Crippen LogP contribution in [0.1, 0.15) is 36.4 Å². The molecule has 0 radical (unpaired) electrons. The molecular weight excluding hydrogens is 304 g/mol. The highest BCUT2D eigenvalue weighted by Gasteiger charge is 2.16. The fourth-order valence-corrected chi connectivity index (χ4v) is 3.24. The summed E-state index contributed by atoms with van der Waals surface area (Å²) in [7, 11) is 0. The average Bonchev–Trinajstić information content (AvgIpc) is 2.87. The Morgan fingerprint density at radius 2 is 1.89 bits per heavy atom. The molecule has 2 unspecified atom stereocenters. The largest absolute Gasteiger partial charge is 0.303 e. The van der Waals surface area contributed by atoms with Crippen molar-refractivity contribution in [2.24, 2.45) is 0 Å². The van der Waals surface area contributed by atoms with Gasteiger partial charge in [0.2, 0.25) is 0 Å². The average molecular weight is 318 g/mol. The van der Waals surface area contributed by atoms with Crippen molar-refractivity contribution in [2.75, 3.05) is 0 Å². The Labute approximate surface area is 126 Å². The summed E-state index contributed by atoms with van der Waals surface area (Å²) < 4.78 is 13.5. The van der Waals surface area contributed by atoms with Gasteiger partial charge in [-0.1, -0.05) is 29.3 Å². The Kier molecular flexibility index (Phi) is 4.85. The maximum atomic E-state index is 13.5. The molecule has 1 aromatic carbocycles. The van der Waals surface area contributed by atoms with Gasteiger partial charge in [-0.05, 0) is 43.0 Å². The molecule has 1 N–H and O–H groups in total. The Balaban J connectivity index is 2.16. The first-order valence-corrected chi connectivity index (χ1v) is 7.56. The minimum absolute atomic E-state index is 0.0484. The second-order valence-corrected chi connectivity index (χ2v) is 6.21. The molecule has 2 rings (SSSR count). The summed E-state index contributed by atoms with van der Waals surface area (Å²) in [4.78, 5) is 1.23. The van der Waals surface area contributed by atoms with E-state index >= 15 is 0 Å². The number of benzene rings is 1. The number of rotatable bonds is 4. The fourth-order valence-electron chi connectivity index (χ4n) is 1.95. The van der Waals surface area contributed by atoms with Crippen molar-refractivity contribution < 1.29 is 4.39 Å². The summed E-state index contributed by atoms with van der Waals surface area (Å²) in [6.07, 6.45) is 0. The lowest BCUT2D eigenvalue weighted by molar-refractivity contribution is 0.497. The molecule has 0 aliphatic rings. The van der Waals surface area contributed by atoms with Crippen LogP contribution in [0.4, 0.5) is 4.39 Å². The van der Waals surface area contributed by atoms with Gasteiger partial charge >= 0.3 is 0 Å². The van der Waals surface area contributed by atoms with Crippen LogP contribution >= 0.6 is 34.5 Å². The van der Waals surface area contributed by atoms with Gasteiger partial charge in [-0.3, -0.25) is 0 Å². The third-order valence-corrected chi connectivity index (χ3v) is 4.65. The molecule has 1 heterocycles. The van der Waals surface area contributed by atoms with Crippen LogP contribution in [-0.2, 0) is 0 Å². The van der Waals surface area contributed by atoms with Crippen LogP contribution < -0.4 is 5.32 Å². The van der Waals surface area contributed by atoms with E-state index in [1.807, 2.05) is 18.4 Å². The van der Waals surface area contributed by atoms with Gasteiger partial charge in [-0.25, -0.2) is 4.39 Å². The number of hydrogen-bond acceptors (Lipinski definition) is 2. The van der Waals surface area contributed by atoms with E-state index in [0.717, 1.165) is 0 Å². The summed E-state index contributed by atoms with van der Waals surface area (Å²) in [5.74, 6) is -0.446. The van der Waals surface area contributed by atoms with Crippen LogP contribution in [0.25, 0.3) is 0 Å². The summed E-state index contributed by atoms with van der Waals surface area (Å²) in [5.41, 5.74) is 0.715. The maximum Gasteiger partial charge on any atom is 0.142 e. The Morgan fingerprint density at radius 1 is 1.16 bits per heavy atom. The molecule has 0 aliphatic carbocycles. The van der Waals surface area contributed by atoms with E-state index in [2.05, 4.69) is 18.3 Å². The quantitative estimate of drug-likeness (QED) is 0.723. The summed E-state index contributed by atoms with van der Waals surface area (Å²) in [6, 6.07) is 7.04. The van der Waals surface area contributed by atoms with E-state index in [4.69, 9.17) is 23.2 Å². The summed E-state index contributed by atoms with van der Waals surface area (Å²) in [6.45, 7) is 4.03. The molecule has 19 heavy (non-hydrogen) atoms. The first-order valence-electron chi connectivity index (χ1n) is 5.93.